The van der Waals surface area contributed by atoms with E-state index in [2.05, 4.69) is 10.1 Å². The summed E-state index contributed by atoms with van der Waals surface area (Å²) in [7, 11) is 1.48. The number of fused-ring (bicyclic) bond motifs is 1. The summed E-state index contributed by atoms with van der Waals surface area (Å²) >= 11 is 0. The standard InChI is InChI=1S/C20H27NO8S/c1-26-16-10-13-7-8-18(30(24,25)29-4)15(14(13)11-17(16)27-2)12-19(22)21-9-5-6-20(23)28-3/h10-12,18H,5-9H2,1-4H3,(H,21,22)/b15-12-. The summed E-state index contributed by atoms with van der Waals surface area (Å²) in [5, 5.41) is 1.67. The van der Waals surface area contributed by atoms with E-state index in [0.717, 1.165) is 12.7 Å². The lowest BCUT2D eigenvalue weighted by Crippen LogP contribution is -2.30. The average Bonchev–Trinajstić information content (AvgIpc) is 2.75. The number of ether oxygens (including phenoxy) is 3. The molecule has 0 fully saturated rings. The summed E-state index contributed by atoms with van der Waals surface area (Å²) in [5.74, 6) is 0.122. The minimum Gasteiger partial charge on any atom is -0.493 e. The van der Waals surface area contributed by atoms with Gasteiger partial charge in [-0.1, -0.05) is 0 Å². The quantitative estimate of drug-likeness (QED) is 0.265. The maximum absolute atomic E-state index is 12.5. The number of hydrogen-bond donors (Lipinski definition) is 1. The predicted molar refractivity (Wildman–Crippen MR) is 110 cm³/mol. The van der Waals surface area contributed by atoms with Gasteiger partial charge in [-0.3, -0.25) is 13.8 Å². The molecule has 1 N–H and O–H groups in total. The smallest absolute Gasteiger partial charge is 0.305 e. The molecule has 1 atom stereocenters. The predicted octanol–water partition coefficient (Wildman–Crippen LogP) is 1.45. The molecule has 0 bridgehead atoms. The molecule has 0 saturated heterocycles. The minimum absolute atomic E-state index is 0.174. The number of aryl methyl sites for hydroxylation is 1. The van der Waals surface area contributed by atoms with Gasteiger partial charge in [0.1, 0.15) is 5.25 Å². The lowest BCUT2D eigenvalue weighted by molar-refractivity contribution is -0.140. The average molecular weight is 442 g/mol. The molecule has 1 aliphatic rings. The molecule has 1 aliphatic carbocycles. The Bertz CT molecular complexity index is 923. The second-order valence-corrected chi connectivity index (χ2v) is 8.51. The number of amides is 1. The molecule has 10 heteroatoms. The van der Waals surface area contributed by atoms with E-state index in [1.54, 1.807) is 12.1 Å². The zero-order chi connectivity index (χ0) is 22.3. The van der Waals surface area contributed by atoms with Gasteiger partial charge in [0.25, 0.3) is 10.1 Å². The summed E-state index contributed by atoms with van der Waals surface area (Å²) in [4.78, 5) is 23.6. The third-order valence-electron chi connectivity index (χ3n) is 4.90. The molecule has 2 rings (SSSR count). The maximum atomic E-state index is 12.5. The summed E-state index contributed by atoms with van der Waals surface area (Å²) in [6.07, 6.45) is 2.58. The second kappa shape index (κ2) is 10.4. The van der Waals surface area contributed by atoms with E-state index in [-0.39, 0.29) is 25.4 Å². The van der Waals surface area contributed by atoms with E-state index >= 15 is 0 Å². The van der Waals surface area contributed by atoms with Gasteiger partial charge in [0.2, 0.25) is 5.91 Å². The Labute approximate surface area is 176 Å². The Morgan fingerprint density at radius 2 is 1.80 bits per heavy atom. The van der Waals surface area contributed by atoms with Crippen molar-refractivity contribution in [2.75, 3.05) is 35.0 Å². The third-order valence-corrected chi connectivity index (χ3v) is 6.55. The van der Waals surface area contributed by atoms with E-state index in [0.29, 0.717) is 35.5 Å². The van der Waals surface area contributed by atoms with Crippen molar-refractivity contribution in [3.05, 3.63) is 29.3 Å². The lowest BCUT2D eigenvalue weighted by Gasteiger charge is -2.28. The minimum atomic E-state index is -3.92. The normalized spacial score (nSPS) is 17.2. The molecule has 1 unspecified atom stereocenters. The van der Waals surface area contributed by atoms with Gasteiger partial charge in [-0.05, 0) is 48.1 Å². The van der Waals surface area contributed by atoms with Crippen molar-refractivity contribution in [1.29, 1.82) is 0 Å². The first-order chi connectivity index (χ1) is 14.3. The fourth-order valence-electron chi connectivity index (χ4n) is 3.34. The van der Waals surface area contributed by atoms with Crippen LogP contribution in [0, 0.1) is 0 Å². The Morgan fingerprint density at radius 3 is 2.40 bits per heavy atom. The van der Waals surface area contributed by atoms with E-state index < -0.39 is 21.3 Å². The van der Waals surface area contributed by atoms with Gasteiger partial charge in [-0.2, -0.15) is 8.42 Å². The summed E-state index contributed by atoms with van der Waals surface area (Å²) in [6, 6.07) is 3.45. The van der Waals surface area contributed by atoms with Crippen LogP contribution in [0.1, 0.15) is 30.4 Å². The van der Waals surface area contributed by atoms with Gasteiger partial charge in [-0.15, -0.1) is 0 Å². The zero-order valence-corrected chi connectivity index (χ0v) is 18.3. The first-order valence-electron chi connectivity index (χ1n) is 9.38. The van der Waals surface area contributed by atoms with Crippen molar-refractivity contribution in [2.24, 2.45) is 0 Å². The highest BCUT2D eigenvalue weighted by Crippen LogP contribution is 2.41. The van der Waals surface area contributed by atoms with Crippen LogP contribution in [0.25, 0.3) is 5.57 Å². The van der Waals surface area contributed by atoms with Crippen LogP contribution in [0.5, 0.6) is 11.5 Å². The number of esters is 1. The van der Waals surface area contributed by atoms with E-state index in [9.17, 15) is 18.0 Å². The first kappa shape index (κ1) is 23.7. The molecule has 9 nitrogen and oxygen atoms in total. The molecule has 0 aromatic heterocycles. The molecular formula is C20H27NO8S. The van der Waals surface area contributed by atoms with Crippen LogP contribution in [-0.4, -0.2) is 60.5 Å². The topological polar surface area (TPSA) is 117 Å². The molecule has 1 aromatic rings. The van der Waals surface area contributed by atoms with E-state index in [1.807, 2.05) is 0 Å². The van der Waals surface area contributed by atoms with Gasteiger partial charge in [-0.25, -0.2) is 0 Å². The van der Waals surface area contributed by atoms with Crippen LogP contribution < -0.4 is 14.8 Å². The van der Waals surface area contributed by atoms with Crippen LogP contribution in [0.3, 0.4) is 0 Å². The molecule has 1 aromatic carbocycles. The maximum Gasteiger partial charge on any atom is 0.305 e. The highest BCUT2D eigenvalue weighted by molar-refractivity contribution is 7.87. The summed E-state index contributed by atoms with van der Waals surface area (Å²) in [5.41, 5.74) is 1.76. The van der Waals surface area contributed by atoms with Crippen molar-refractivity contribution in [3.8, 4) is 11.5 Å². The number of hydrogen-bond acceptors (Lipinski definition) is 8. The number of methoxy groups -OCH3 is 3. The summed E-state index contributed by atoms with van der Waals surface area (Å²) in [6.45, 7) is 0.248. The number of rotatable bonds is 9. The Kier molecular flexibility index (Phi) is 8.24. The van der Waals surface area contributed by atoms with Gasteiger partial charge in [0.15, 0.2) is 11.5 Å². The Morgan fingerprint density at radius 1 is 1.13 bits per heavy atom. The van der Waals surface area contributed by atoms with Crippen molar-refractivity contribution < 1.29 is 36.4 Å². The van der Waals surface area contributed by atoms with Crippen molar-refractivity contribution in [3.63, 3.8) is 0 Å². The molecule has 0 saturated carbocycles. The largest absolute Gasteiger partial charge is 0.493 e. The molecule has 0 aliphatic heterocycles. The highest BCUT2D eigenvalue weighted by atomic mass is 32.2. The van der Waals surface area contributed by atoms with Crippen molar-refractivity contribution in [2.45, 2.75) is 30.9 Å². The van der Waals surface area contributed by atoms with Crippen molar-refractivity contribution in [1.82, 2.24) is 5.32 Å². The molecule has 166 valence electrons. The third kappa shape index (κ3) is 5.51. The van der Waals surface area contributed by atoms with Crippen molar-refractivity contribution >= 4 is 27.6 Å². The van der Waals surface area contributed by atoms with Crippen LogP contribution >= 0.6 is 0 Å². The molecule has 0 heterocycles. The van der Waals surface area contributed by atoms with Gasteiger partial charge in [0.05, 0.1) is 28.4 Å². The summed E-state index contributed by atoms with van der Waals surface area (Å²) < 4.78 is 45.0. The monoisotopic (exact) mass is 441 g/mol. The first-order valence-corrected chi connectivity index (χ1v) is 10.9. The molecule has 0 radical (unpaired) electrons. The van der Waals surface area contributed by atoms with Gasteiger partial charge >= 0.3 is 5.97 Å². The molecule has 30 heavy (non-hydrogen) atoms. The van der Waals surface area contributed by atoms with Crippen LogP contribution in [-0.2, 0) is 35.0 Å². The molecule has 0 spiro atoms. The Hall–Kier alpha value is -2.59. The number of nitrogens with one attached hydrogen (secondary N) is 1. The van der Waals surface area contributed by atoms with E-state index in [1.165, 1.54) is 27.4 Å². The SMILES string of the molecule is COC(=O)CCCNC(=O)/C=C1/c2cc(OC)c(OC)cc2CCC1S(=O)(=O)OC. The molecular weight excluding hydrogens is 414 g/mol. The number of carbonyl (C=O) groups excluding carboxylic acids is 2. The number of benzene rings is 1. The Balaban J connectivity index is 2.37. The second-order valence-electron chi connectivity index (χ2n) is 6.62. The number of carbonyl (C=O) groups is 2. The van der Waals surface area contributed by atoms with Crippen LogP contribution in [0.2, 0.25) is 0 Å². The van der Waals surface area contributed by atoms with Crippen LogP contribution in [0.15, 0.2) is 18.2 Å². The van der Waals surface area contributed by atoms with Crippen LogP contribution in [0.4, 0.5) is 0 Å². The zero-order valence-electron chi connectivity index (χ0n) is 17.5. The molecule has 1 amide bonds. The highest BCUT2D eigenvalue weighted by Gasteiger charge is 2.35. The fraction of sp³-hybridized carbons (Fsp3) is 0.500. The lowest BCUT2D eigenvalue weighted by atomic mass is 9.86. The fourth-order valence-corrected chi connectivity index (χ4v) is 4.48. The van der Waals surface area contributed by atoms with Gasteiger partial charge in [0, 0.05) is 19.0 Å². The van der Waals surface area contributed by atoms with E-state index in [4.69, 9.17) is 13.7 Å². The van der Waals surface area contributed by atoms with Gasteiger partial charge < -0.3 is 19.5 Å².